The van der Waals surface area contributed by atoms with E-state index in [-0.39, 0.29) is 58.2 Å². The van der Waals surface area contributed by atoms with E-state index in [2.05, 4.69) is 9.97 Å². The summed E-state index contributed by atoms with van der Waals surface area (Å²) < 4.78 is 0. The van der Waals surface area contributed by atoms with Gasteiger partial charge in [0.15, 0.2) is 0 Å². The zero-order valence-electron chi connectivity index (χ0n) is 3.68. The zero-order chi connectivity index (χ0) is 3.54. The Morgan fingerprint density at radius 3 is 2.50 bits per heavy atom. The second kappa shape index (κ2) is 4.18. The summed E-state index contributed by atoms with van der Waals surface area (Å²) in [5.41, 5.74) is 0. The molecule has 0 bridgehead atoms. The van der Waals surface area contributed by atoms with Gasteiger partial charge in [-0.1, -0.05) is 0 Å². The van der Waals surface area contributed by atoms with Crippen LogP contribution in [0.4, 0.5) is 0 Å². The molecule has 0 aliphatic heterocycles. The predicted octanol–water partition coefficient (Wildman–Crippen LogP) is 0.0289. The predicted molar refractivity (Wildman–Crippen MR) is 24.3 cm³/mol. The van der Waals surface area contributed by atoms with Gasteiger partial charge in [0.1, 0.15) is 0 Å². The van der Waals surface area contributed by atoms with Crippen molar-refractivity contribution in [1.29, 1.82) is 0 Å². The Kier molecular flexibility index (Phi) is 4.89. The standard InChI is InChI=1S/C3H4N2.Rb/c1-2-5-3-4-1;/h1-3H,(H,4,5);. The van der Waals surface area contributed by atoms with Gasteiger partial charge in [-0.05, 0) is 0 Å². The van der Waals surface area contributed by atoms with Crippen molar-refractivity contribution >= 4 is 58.2 Å². The Balaban J connectivity index is 0.000000250. The summed E-state index contributed by atoms with van der Waals surface area (Å²) in [6.07, 6.45) is 5.08. The summed E-state index contributed by atoms with van der Waals surface area (Å²) in [6, 6.07) is 0. The molecular formula is C3H4N2Rb. The van der Waals surface area contributed by atoms with Gasteiger partial charge in [0.25, 0.3) is 0 Å². The normalized spacial score (nSPS) is 6.67. The van der Waals surface area contributed by atoms with Crippen LogP contribution in [-0.2, 0) is 0 Å². The first-order chi connectivity index (χ1) is 2.50. The molecule has 0 fully saturated rings. The van der Waals surface area contributed by atoms with Crippen LogP contribution in [-0.4, -0.2) is 68.2 Å². The molecule has 0 spiro atoms. The van der Waals surface area contributed by atoms with Crippen LogP contribution in [0.5, 0.6) is 0 Å². The molecule has 0 amide bonds. The van der Waals surface area contributed by atoms with Crippen molar-refractivity contribution in [2.45, 2.75) is 0 Å². The summed E-state index contributed by atoms with van der Waals surface area (Å²) in [7, 11) is 0. The maximum Gasteiger partial charge on any atom is 0.0919 e. The average molecular weight is 154 g/mol. The number of imidazole rings is 1. The van der Waals surface area contributed by atoms with E-state index in [1.54, 1.807) is 18.7 Å². The largest absolute Gasteiger partial charge is 0.351 e. The zero-order valence-corrected chi connectivity index (χ0v) is 8.60. The third-order valence-electron chi connectivity index (χ3n) is 0.406. The summed E-state index contributed by atoms with van der Waals surface area (Å²) in [5.74, 6) is 0. The Morgan fingerprint density at radius 2 is 2.33 bits per heavy atom. The minimum Gasteiger partial charge on any atom is -0.351 e. The van der Waals surface area contributed by atoms with Crippen molar-refractivity contribution in [1.82, 2.24) is 9.97 Å². The first kappa shape index (κ1) is 7.02. The summed E-state index contributed by atoms with van der Waals surface area (Å²) in [4.78, 5) is 6.42. The van der Waals surface area contributed by atoms with Crippen molar-refractivity contribution in [3.05, 3.63) is 18.7 Å². The molecule has 27 valence electrons. The van der Waals surface area contributed by atoms with Crippen LogP contribution in [0.1, 0.15) is 0 Å². The topological polar surface area (TPSA) is 28.7 Å². The molecule has 6 heavy (non-hydrogen) atoms. The van der Waals surface area contributed by atoms with E-state index in [0.717, 1.165) is 0 Å². The molecule has 1 radical (unpaired) electrons. The quantitative estimate of drug-likeness (QED) is 0.560. The van der Waals surface area contributed by atoms with Gasteiger partial charge < -0.3 is 4.98 Å². The van der Waals surface area contributed by atoms with E-state index < -0.39 is 0 Å². The molecule has 0 unspecified atom stereocenters. The Morgan fingerprint density at radius 1 is 1.50 bits per heavy atom. The van der Waals surface area contributed by atoms with Gasteiger partial charge >= 0.3 is 0 Å². The van der Waals surface area contributed by atoms with Gasteiger partial charge in [0.05, 0.1) is 6.33 Å². The molecule has 0 aliphatic rings. The van der Waals surface area contributed by atoms with Crippen LogP contribution in [0, 0.1) is 0 Å². The average Bonchev–Trinajstić information content (AvgIpc) is 1.76. The van der Waals surface area contributed by atoms with Crippen LogP contribution in [0.3, 0.4) is 0 Å². The molecule has 1 heterocycles. The van der Waals surface area contributed by atoms with Crippen molar-refractivity contribution < 1.29 is 0 Å². The number of nitrogens with zero attached hydrogens (tertiary/aromatic N) is 1. The second-order valence-corrected chi connectivity index (χ2v) is 0.761. The maximum absolute atomic E-state index is 3.67. The fraction of sp³-hybridized carbons (Fsp3) is 0. The molecule has 0 saturated carbocycles. The molecule has 1 rings (SSSR count). The van der Waals surface area contributed by atoms with Crippen LogP contribution >= 0.6 is 0 Å². The third-order valence-corrected chi connectivity index (χ3v) is 0.406. The van der Waals surface area contributed by atoms with Crippen LogP contribution < -0.4 is 0 Å². The van der Waals surface area contributed by atoms with Crippen molar-refractivity contribution in [2.24, 2.45) is 0 Å². The summed E-state index contributed by atoms with van der Waals surface area (Å²) in [6.45, 7) is 0. The number of nitrogens with one attached hydrogen (secondary N) is 1. The van der Waals surface area contributed by atoms with E-state index in [4.69, 9.17) is 0 Å². The molecule has 0 aromatic carbocycles. The van der Waals surface area contributed by atoms with Crippen LogP contribution in [0.2, 0.25) is 0 Å². The van der Waals surface area contributed by atoms with E-state index in [1.165, 1.54) is 0 Å². The molecule has 3 heteroatoms. The number of hydrogen-bond acceptors (Lipinski definition) is 1. The van der Waals surface area contributed by atoms with Gasteiger partial charge in [-0.25, -0.2) is 4.98 Å². The van der Waals surface area contributed by atoms with Crippen molar-refractivity contribution in [3.63, 3.8) is 0 Å². The van der Waals surface area contributed by atoms with E-state index in [9.17, 15) is 0 Å². The summed E-state index contributed by atoms with van der Waals surface area (Å²) >= 11 is 0. The Labute approximate surface area is 85.2 Å². The fourth-order valence-electron chi connectivity index (χ4n) is 0.215. The molecule has 1 aromatic heterocycles. The SMILES string of the molecule is [Rb].c1c[nH]cn1. The van der Waals surface area contributed by atoms with Gasteiger partial charge in [0, 0.05) is 70.6 Å². The minimum absolute atomic E-state index is 0. The Bertz CT molecular complexity index is 65.3. The van der Waals surface area contributed by atoms with Gasteiger partial charge in [-0.2, -0.15) is 0 Å². The number of hydrogen-bond donors (Lipinski definition) is 1. The number of aromatic amines is 1. The molecular weight excluding hydrogens is 150 g/mol. The van der Waals surface area contributed by atoms with Crippen molar-refractivity contribution in [3.8, 4) is 0 Å². The monoisotopic (exact) mass is 153 g/mol. The Hall–Kier alpha value is 1.02. The van der Waals surface area contributed by atoms with Crippen LogP contribution in [0.15, 0.2) is 18.7 Å². The summed E-state index contributed by atoms with van der Waals surface area (Å²) in [5, 5.41) is 0. The van der Waals surface area contributed by atoms with Gasteiger partial charge in [0.2, 0.25) is 0 Å². The third kappa shape index (κ3) is 2.23. The van der Waals surface area contributed by atoms with E-state index in [0.29, 0.717) is 0 Å². The minimum atomic E-state index is 0. The van der Waals surface area contributed by atoms with E-state index >= 15 is 0 Å². The fourth-order valence-corrected chi connectivity index (χ4v) is 0.215. The second-order valence-electron chi connectivity index (χ2n) is 0.761. The molecule has 0 atom stereocenters. The first-order valence-corrected chi connectivity index (χ1v) is 1.43. The number of aromatic nitrogens is 2. The maximum atomic E-state index is 3.67. The number of H-pyrrole nitrogens is 1. The smallest absolute Gasteiger partial charge is 0.0919 e. The number of rotatable bonds is 0. The first-order valence-electron chi connectivity index (χ1n) is 1.43. The van der Waals surface area contributed by atoms with Crippen LogP contribution in [0.25, 0.3) is 0 Å². The molecule has 1 aromatic rings. The van der Waals surface area contributed by atoms with E-state index in [1.807, 2.05) is 0 Å². The molecule has 0 saturated heterocycles. The van der Waals surface area contributed by atoms with Crippen molar-refractivity contribution in [2.75, 3.05) is 0 Å². The molecule has 2 nitrogen and oxygen atoms in total. The molecule has 0 aliphatic carbocycles. The molecule has 1 N–H and O–H groups in total. The van der Waals surface area contributed by atoms with Gasteiger partial charge in [-0.15, -0.1) is 0 Å². The van der Waals surface area contributed by atoms with Gasteiger partial charge in [-0.3, -0.25) is 0 Å².